The molecule has 0 bridgehead atoms. The van der Waals surface area contributed by atoms with E-state index in [-0.39, 0.29) is 0 Å². The summed E-state index contributed by atoms with van der Waals surface area (Å²) < 4.78 is 6.85. The fourth-order valence-electron chi connectivity index (χ4n) is 2.21. The zero-order valence-corrected chi connectivity index (χ0v) is 12.6. The molecule has 3 rings (SSSR count). The maximum absolute atomic E-state index is 9.14. The Balaban J connectivity index is 2.17. The van der Waals surface area contributed by atoms with Crippen LogP contribution in [-0.4, -0.2) is 16.9 Å². The van der Waals surface area contributed by atoms with Crippen LogP contribution in [0, 0.1) is 11.3 Å². The van der Waals surface area contributed by atoms with Crippen LogP contribution in [0.25, 0.3) is 16.9 Å². The first kappa shape index (κ1) is 14.2. The van der Waals surface area contributed by atoms with Crippen molar-refractivity contribution in [2.45, 2.75) is 0 Å². The van der Waals surface area contributed by atoms with Gasteiger partial charge in [-0.1, -0.05) is 23.7 Å². The fourth-order valence-corrected chi connectivity index (χ4v) is 2.43. The third kappa shape index (κ3) is 2.54. The highest BCUT2D eigenvalue weighted by molar-refractivity contribution is 6.32. The van der Waals surface area contributed by atoms with Gasteiger partial charge in [-0.05, 0) is 36.4 Å². The molecule has 0 saturated heterocycles. The summed E-state index contributed by atoms with van der Waals surface area (Å²) in [5.41, 5.74) is 2.80. The molecule has 22 heavy (non-hydrogen) atoms. The molecule has 5 heteroatoms. The zero-order chi connectivity index (χ0) is 15.5. The first-order chi connectivity index (χ1) is 10.7. The van der Waals surface area contributed by atoms with Crippen molar-refractivity contribution in [3.05, 3.63) is 65.3 Å². The van der Waals surface area contributed by atoms with Gasteiger partial charge in [0.1, 0.15) is 11.8 Å². The third-order valence-corrected chi connectivity index (χ3v) is 3.61. The van der Waals surface area contributed by atoms with E-state index in [0.717, 1.165) is 22.7 Å². The van der Waals surface area contributed by atoms with Crippen LogP contribution in [-0.2, 0) is 0 Å². The molecule has 108 valence electrons. The summed E-state index contributed by atoms with van der Waals surface area (Å²) in [4.78, 5) is 0. The first-order valence-corrected chi connectivity index (χ1v) is 7.00. The molecule has 1 aromatic heterocycles. The summed E-state index contributed by atoms with van der Waals surface area (Å²) in [5.74, 6) is 0.771. The minimum Gasteiger partial charge on any atom is -0.497 e. The second-order valence-electron chi connectivity index (χ2n) is 4.62. The quantitative estimate of drug-likeness (QED) is 0.732. The molecular weight excluding hydrogens is 298 g/mol. The van der Waals surface area contributed by atoms with E-state index < -0.39 is 0 Å². The van der Waals surface area contributed by atoms with Crippen LogP contribution >= 0.6 is 11.6 Å². The molecule has 0 unspecified atom stereocenters. The SMILES string of the molecule is COc1ccc(-c2cc(C#N)nn2-c2ccccc2Cl)cc1. The lowest BCUT2D eigenvalue weighted by Crippen LogP contribution is -2.00. The molecule has 0 amide bonds. The fraction of sp³-hybridized carbons (Fsp3) is 0.0588. The maximum atomic E-state index is 9.14. The van der Waals surface area contributed by atoms with Crippen molar-refractivity contribution in [1.82, 2.24) is 9.78 Å². The molecule has 0 radical (unpaired) electrons. The molecule has 0 aliphatic carbocycles. The number of hydrogen-bond acceptors (Lipinski definition) is 3. The highest BCUT2D eigenvalue weighted by atomic mass is 35.5. The number of nitriles is 1. The van der Waals surface area contributed by atoms with E-state index in [4.69, 9.17) is 21.6 Å². The first-order valence-electron chi connectivity index (χ1n) is 6.62. The monoisotopic (exact) mass is 309 g/mol. The number of benzene rings is 2. The Morgan fingerprint density at radius 3 is 2.50 bits per heavy atom. The van der Waals surface area contributed by atoms with Gasteiger partial charge in [-0.2, -0.15) is 10.4 Å². The number of rotatable bonds is 3. The molecule has 0 N–H and O–H groups in total. The van der Waals surface area contributed by atoms with Crippen molar-refractivity contribution in [2.75, 3.05) is 7.11 Å². The lowest BCUT2D eigenvalue weighted by atomic mass is 10.1. The molecular formula is C17H12ClN3O. The van der Waals surface area contributed by atoms with Crippen molar-refractivity contribution in [2.24, 2.45) is 0 Å². The van der Waals surface area contributed by atoms with Gasteiger partial charge < -0.3 is 4.74 Å². The third-order valence-electron chi connectivity index (χ3n) is 3.29. The molecule has 1 heterocycles. The minimum absolute atomic E-state index is 0.339. The number of nitrogens with zero attached hydrogens (tertiary/aromatic N) is 3. The largest absolute Gasteiger partial charge is 0.497 e. The van der Waals surface area contributed by atoms with E-state index in [1.54, 1.807) is 23.9 Å². The zero-order valence-electron chi connectivity index (χ0n) is 11.8. The van der Waals surface area contributed by atoms with Crippen molar-refractivity contribution < 1.29 is 4.74 Å². The van der Waals surface area contributed by atoms with Gasteiger partial charge >= 0.3 is 0 Å². The molecule has 4 nitrogen and oxygen atoms in total. The van der Waals surface area contributed by atoms with E-state index >= 15 is 0 Å². The summed E-state index contributed by atoms with van der Waals surface area (Å²) in [6.45, 7) is 0. The van der Waals surface area contributed by atoms with Crippen LogP contribution < -0.4 is 4.74 Å². The summed E-state index contributed by atoms with van der Waals surface area (Å²) in [6.07, 6.45) is 0. The average molecular weight is 310 g/mol. The molecule has 0 aliphatic rings. The maximum Gasteiger partial charge on any atom is 0.163 e. The number of hydrogen-bond donors (Lipinski definition) is 0. The standard InChI is InChI=1S/C17H12ClN3O/c1-22-14-8-6-12(7-9-14)17-10-13(11-19)20-21(17)16-5-3-2-4-15(16)18/h2-10H,1H3. The second-order valence-corrected chi connectivity index (χ2v) is 5.03. The highest BCUT2D eigenvalue weighted by Crippen LogP contribution is 2.28. The van der Waals surface area contributed by atoms with E-state index in [0.29, 0.717) is 10.7 Å². The Morgan fingerprint density at radius 1 is 1.14 bits per heavy atom. The smallest absolute Gasteiger partial charge is 0.163 e. The van der Waals surface area contributed by atoms with Gasteiger partial charge in [-0.3, -0.25) is 0 Å². The van der Waals surface area contributed by atoms with E-state index in [1.807, 2.05) is 42.5 Å². The Hall–Kier alpha value is -2.77. The van der Waals surface area contributed by atoms with Crippen LogP contribution in [0.3, 0.4) is 0 Å². The topological polar surface area (TPSA) is 50.8 Å². The van der Waals surface area contributed by atoms with Gasteiger partial charge in [0.15, 0.2) is 5.69 Å². The van der Waals surface area contributed by atoms with Crippen molar-refractivity contribution in [1.29, 1.82) is 5.26 Å². The number of ether oxygens (including phenoxy) is 1. The molecule has 0 spiro atoms. The van der Waals surface area contributed by atoms with Gasteiger partial charge in [-0.15, -0.1) is 0 Å². The summed E-state index contributed by atoms with van der Waals surface area (Å²) in [6, 6.07) is 18.8. The molecule has 0 atom stereocenters. The van der Waals surface area contributed by atoms with Crippen molar-refractivity contribution in [3.63, 3.8) is 0 Å². The van der Waals surface area contributed by atoms with Crippen LogP contribution in [0.4, 0.5) is 0 Å². The molecule has 0 fully saturated rings. The van der Waals surface area contributed by atoms with Crippen molar-refractivity contribution >= 4 is 11.6 Å². The number of para-hydroxylation sites is 1. The van der Waals surface area contributed by atoms with Gasteiger partial charge in [0, 0.05) is 11.6 Å². The average Bonchev–Trinajstić information content (AvgIpc) is 2.99. The van der Waals surface area contributed by atoms with Crippen LogP contribution in [0.1, 0.15) is 5.69 Å². The van der Waals surface area contributed by atoms with Crippen molar-refractivity contribution in [3.8, 4) is 28.8 Å². The van der Waals surface area contributed by atoms with Gasteiger partial charge in [0.25, 0.3) is 0 Å². The Kier molecular flexibility index (Phi) is 3.82. The number of halogens is 1. The number of aromatic nitrogens is 2. The predicted octanol–water partition coefficient (Wildman–Crippen LogP) is 4.07. The van der Waals surface area contributed by atoms with E-state index in [9.17, 15) is 0 Å². The van der Waals surface area contributed by atoms with E-state index in [2.05, 4.69) is 11.2 Å². The van der Waals surface area contributed by atoms with Crippen LogP contribution in [0.15, 0.2) is 54.6 Å². The Labute approximate surface area is 133 Å². The van der Waals surface area contributed by atoms with Gasteiger partial charge in [0.05, 0.1) is 23.5 Å². The van der Waals surface area contributed by atoms with Gasteiger partial charge in [0.2, 0.25) is 0 Å². The Morgan fingerprint density at radius 2 is 1.86 bits per heavy atom. The minimum atomic E-state index is 0.339. The predicted molar refractivity (Wildman–Crippen MR) is 85.3 cm³/mol. The lowest BCUT2D eigenvalue weighted by molar-refractivity contribution is 0.415. The lowest BCUT2D eigenvalue weighted by Gasteiger charge is -2.09. The normalized spacial score (nSPS) is 10.2. The molecule has 0 aliphatic heterocycles. The van der Waals surface area contributed by atoms with Gasteiger partial charge in [-0.25, -0.2) is 4.68 Å². The van der Waals surface area contributed by atoms with Crippen LogP contribution in [0.2, 0.25) is 5.02 Å². The summed E-state index contributed by atoms with van der Waals surface area (Å²) in [5, 5.41) is 14.0. The number of methoxy groups -OCH3 is 1. The highest BCUT2D eigenvalue weighted by Gasteiger charge is 2.13. The van der Waals surface area contributed by atoms with E-state index in [1.165, 1.54) is 0 Å². The van der Waals surface area contributed by atoms with Crippen LogP contribution in [0.5, 0.6) is 5.75 Å². The summed E-state index contributed by atoms with van der Waals surface area (Å²) in [7, 11) is 1.62. The molecule has 0 saturated carbocycles. The second kappa shape index (κ2) is 5.92. The molecule has 2 aromatic carbocycles. The summed E-state index contributed by atoms with van der Waals surface area (Å²) >= 11 is 6.25. The Bertz CT molecular complexity index is 847. The molecule has 3 aromatic rings.